The van der Waals surface area contributed by atoms with Crippen molar-refractivity contribution >= 4 is 28.3 Å². The number of hydrogen-bond acceptors (Lipinski definition) is 6. The van der Waals surface area contributed by atoms with Crippen molar-refractivity contribution in [3.63, 3.8) is 0 Å². The van der Waals surface area contributed by atoms with Crippen molar-refractivity contribution in [3.05, 3.63) is 101 Å². The van der Waals surface area contributed by atoms with E-state index in [4.69, 9.17) is 4.74 Å². The average molecular weight is 470 g/mol. The number of amides is 1. The highest BCUT2D eigenvalue weighted by molar-refractivity contribution is 7.09. The van der Waals surface area contributed by atoms with Crippen LogP contribution in [0.25, 0.3) is 16.7 Å². The number of ether oxygens (including phenoxy) is 1. The van der Waals surface area contributed by atoms with Crippen LogP contribution in [0.1, 0.15) is 33.5 Å². The second-order valence-corrected chi connectivity index (χ2v) is 8.67. The minimum absolute atomic E-state index is 0.145. The second-order valence-electron chi connectivity index (χ2n) is 7.73. The lowest BCUT2D eigenvalue weighted by molar-refractivity contribution is 0.0951. The number of aryl methyl sites for hydroxylation is 1. The molecule has 0 unspecified atom stereocenters. The number of imidazole rings is 1. The molecule has 0 saturated heterocycles. The van der Waals surface area contributed by atoms with Crippen LogP contribution in [0, 0.1) is 0 Å². The molecule has 0 aliphatic rings. The SMILES string of the molecule is CCc1nc(COc2ccc(-n3cnc4cc(C(=O)NCc5cccnc5)ccc43)cc2)cs1. The van der Waals surface area contributed by atoms with Crippen LogP contribution < -0.4 is 10.1 Å². The summed E-state index contributed by atoms with van der Waals surface area (Å²) in [5.41, 5.74) is 5.11. The molecule has 1 N–H and O–H groups in total. The summed E-state index contributed by atoms with van der Waals surface area (Å²) in [5.74, 6) is 0.639. The number of carbonyl (C=O) groups is 1. The molecule has 170 valence electrons. The minimum Gasteiger partial charge on any atom is -0.487 e. The first-order valence-electron chi connectivity index (χ1n) is 11.0. The number of fused-ring (bicyclic) bond motifs is 1. The zero-order valence-corrected chi connectivity index (χ0v) is 19.5. The van der Waals surface area contributed by atoms with Gasteiger partial charge in [0.25, 0.3) is 5.91 Å². The van der Waals surface area contributed by atoms with Crippen LogP contribution in [-0.2, 0) is 19.6 Å². The van der Waals surface area contributed by atoms with Crippen molar-refractivity contribution in [2.75, 3.05) is 0 Å². The van der Waals surface area contributed by atoms with Gasteiger partial charge in [0.05, 0.1) is 21.7 Å². The van der Waals surface area contributed by atoms with Crippen molar-refractivity contribution in [1.29, 1.82) is 0 Å². The van der Waals surface area contributed by atoms with Gasteiger partial charge in [0.2, 0.25) is 0 Å². The van der Waals surface area contributed by atoms with Crippen LogP contribution in [0.3, 0.4) is 0 Å². The van der Waals surface area contributed by atoms with Gasteiger partial charge in [-0.15, -0.1) is 11.3 Å². The lowest BCUT2D eigenvalue weighted by Crippen LogP contribution is -2.22. The molecule has 5 aromatic rings. The number of nitrogens with one attached hydrogen (secondary N) is 1. The summed E-state index contributed by atoms with van der Waals surface area (Å²) in [7, 11) is 0. The van der Waals surface area contributed by atoms with Crippen LogP contribution in [0.4, 0.5) is 0 Å². The maximum Gasteiger partial charge on any atom is 0.251 e. The van der Waals surface area contributed by atoms with Crippen LogP contribution in [-0.4, -0.2) is 25.4 Å². The van der Waals surface area contributed by atoms with Crippen molar-refractivity contribution < 1.29 is 9.53 Å². The molecule has 7 nitrogen and oxygen atoms in total. The normalized spacial score (nSPS) is 11.0. The molecule has 8 heteroatoms. The van der Waals surface area contributed by atoms with Crippen LogP contribution >= 0.6 is 11.3 Å². The van der Waals surface area contributed by atoms with Gasteiger partial charge in [-0.1, -0.05) is 13.0 Å². The van der Waals surface area contributed by atoms with E-state index in [1.807, 2.05) is 58.5 Å². The number of carbonyl (C=O) groups excluding carboxylic acids is 1. The summed E-state index contributed by atoms with van der Waals surface area (Å²) in [6.07, 6.45) is 6.15. The molecule has 0 fully saturated rings. The first-order chi connectivity index (χ1) is 16.7. The highest BCUT2D eigenvalue weighted by Crippen LogP contribution is 2.22. The maximum atomic E-state index is 12.6. The Morgan fingerprint density at radius 3 is 2.79 bits per heavy atom. The molecule has 0 atom stereocenters. The molecule has 0 aliphatic carbocycles. The Labute approximate surface area is 201 Å². The van der Waals surface area contributed by atoms with E-state index in [9.17, 15) is 4.79 Å². The van der Waals surface area contributed by atoms with E-state index in [1.54, 1.807) is 36.1 Å². The van der Waals surface area contributed by atoms with Gasteiger partial charge in [0.15, 0.2) is 0 Å². The Kier molecular flexibility index (Phi) is 6.31. The smallest absolute Gasteiger partial charge is 0.251 e. The summed E-state index contributed by atoms with van der Waals surface area (Å²) < 4.78 is 7.87. The molecule has 0 spiro atoms. The van der Waals surface area contributed by atoms with Crippen LogP contribution in [0.15, 0.2) is 78.7 Å². The number of benzene rings is 2. The first kappa shape index (κ1) is 21.8. The van der Waals surface area contributed by atoms with Gasteiger partial charge in [0.1, 0.15) is 18.7 Å². The third kappa shape index (κ3) is 4.82. The van der Waals surface area contributed by atoms with Crippen molar-refractivity contribution in [2.45, 2.75) is 26.5 Å². The summed E-state index contributed by atoms with van der Waals surface area (Å²) >= 11 is 1.66. The number of rotatable bonds is 8. The van der Waals surface area contributed by atoms with E-state index in [0.29, 0.717) is 18.7 Å². The van der Waals surface area contributed by atoms with E-state index in [1.165, 1.54) is 0 Å². The van der Waals surface area contributed by atoms with Gasteiger partial charge < -0.3 is 10.1 Å². The molecule has 0 bridgehead atoms. The largest absolute Gasteiger partial charge is 0.487 e. The number of nitrogens with zero attached hydrogens (tertiary/aromatic N) is 4. The van der Waals surface area contributed by atoms with Crippen LogP contribution in [0.5, 0.6) is 5.75 Å². The fraction of sp³-hybridized carbons (Fsp3) is 0.154. The Balaban J connectivity index is 1.26. The van der Waals surface area contributed by atoms with Gasteiger partial charge in [-0.2, -0.15) is 0 Å². The molecule has 0 radical (unpaired) electrons. The minimum atomic E-state index is -0.145. The lowest BCUT2D eigenvalue weighted by atomic mass is 10.1. The van der Waals surface area contributed by atoms with Crippen molar-refractivity contribution in [2.24, 2.45) is 0 Å². The summed E-state index contributed by atoms with van der Waals surface area (Å²) in [5, 5.41) is 6.08. The van der Waals surface area contributed by atoms with Crippen molar-refractivity contribution in [1.82, 2.24) is 24.8 Å². The van der Waals surface area contributed by atoms with Crippen LogP contribution in [0.2, 0.25) is 0 Å². The fourth-order valence-electron chi connectivity index (χ4n) is 3.58. The summed E-state index contributed by atoms with van der Waals surface area (Å²) in [6, 6.07) is 17.2. The molecular weight excluding hydrogens is 446 g/mol. The zero-order valence-electron chi connectivity index (χ0n) is 18.6. The van der Waals surface area contributed by atoms with Gasteiger partial charge in [0, 0.05) is 35.6 Å². The van der Waals surface area contributed by atoms with E-state index >= 15 is 0 Å². The standard InChI is InChI=1S/C26H23N5O2S/c1-2-25-30-20(16-34-25)15-33-22-8-6-21(7-9-22)31-17-29-23-12-19(5-10-24(23)31)26(32)28-14-18-4-3-11-27-13-18/h3-13,16-17H,2,14-15H2,1H3,(H,28,32). The molecule has 3 aromatic heterocycles. The van der Waals surface area contributed by atoms with Gasteiger partial charge in [-0.25, -0.2) is 9.97 Å². The van der Waals surface area contributed by atoms with E-state index in [2.05, 4.69) is 27.2 Å². The molecular formula is C26H23N5O2S. The monoisotopic (exact) mass is 469 g/mol. The molecule has 0 saturated carbocycles. The number of hydrogen-bond donors (Lipinski definition) is 1. The predicted molar refractivity (Wildman–Crippen MR) is 132 cm³/mol. The topological polar surface area (TPSA) is 81.9 Å². The zero-order chi connectivity index (χ0) is 23.3. The molecule has 3 heterocycles. The van der Waals surface area contributed by atoms with E-state index in [-0.39, 0.29) is 5.91 Å². The van der Waals surface area contributed by atoms with Gasteiger partial charge >= 0.3 is 0 Å². The highest BCUT2D eigenvalue weighted by atomic mass is 32.1. The molecule has 34 heavy (non-hydrogen) atoms. The molecule has 0 aliphatic heterocycles. The van der Waals surface area contributed by atoms with Gasteiger partial charge in [-0.05, 0) is 60.5 Å². The quantitative estimate of drug-likeness (QED) is 0.348. The average Bonchev–Trinajstić information content (AvgIpc) is 3.53. The molecule has 1 amide bonds. The van der Waals surface area contributed by atoms with Crippen molar-refractivity contribution in [3.8, 4) is 11.4 Å². The van der Waals surface area contributed by atoms with E-state index in [0.717, 1.165) is 45.2 Å². The molecule has 5 rings (SSSR count). The van der Waals surface area contributed by atoms with Gasteiger partial charge in [-0.3, -0.25) is 14.3 Å². The number of thiazole rings is 1. The highest BCUT2D eigenvalue weighted by Gasteiger charge is 2.11. The summed E-state index contributed by atoms with van der Waals surface area (Å²) in [6.45, 7) is 2.98. The Morgan fingerprint density at radius 2 is 2.03 bits per heavy atom. The number of pyridine rings is 1. The Bertz CT molecular complexity index is 1410. The molecule has 2 aromatic carbocycles. The fourth-order valence-corrected chi connectivity index (χ4v) is 4.31. The first-order valence-corrected chi connectivity index (χ1v) is 11.9. The Morgan fingerprint density at radius 1 is 1.15 bits per heavy atom. The number of aromatic nitrogens is 4. The third-order valence-electron chi connectivity index (χ3n) is 5.39. The lowest BCUT2D eigenvalue weighted by Gasteiger charge is -2.08. The third-order valence-corrected chi connectivity index (χ3v) is 6.43. The summed E-state index contributed by atoms with van der Waals surface area (Å²) in [4.78, 5) is 25.7. The van der Waals surface area contributed by atoms with E-state index < -0.39 is 0 Å². The Hall–Kier alpha value is -4.04. The maximum absolute atomic E-state index is 12.6. The second kappa shape index (κ2) is 9.84. The predicted octanol–water partition coefficient (Wildman–Crippen LogP) is 4.95.